The highest BCUT2D eigenvalue weighted by molar-refractivity contribution is 5.18. The molecule has 0 radical (unpaired) electrons. The Morgan fingerprint density at radius 2 is 1.56 bits per heavy atom. The van der Waals surface area contributed by atoms with E-state index in [1.54, 1.807) is 0 Å². The summed E-state index contributed by atoms with van der Waals surface area (Å²) in [5, 5.41) is 0. The molecular formula is C16H26FN. The summed E-state index contributed by atoms with van der Waals surface area (Å²) in [6.07, 6.45) is 4.12. The van der Waals surface area contributed by atoms with Crippen molar-refractivity contribution < 1.29 is 4.39 Å². The minimum atomic E-state index is -0.205. The molecule has 1 atom stereocenters. The van der Waals surface area contributed by atoms with Gasteiger partial charge in [0.1, 0.15) is 5.82 Å². The van der Waals surface area contributed by atoms with Crippen LogP contribution in [0, 0.1) is 11.2 Å². The Morgan fingerprint density at radius 3 is 2.06 bits per heavy atom. The molecule has 0 aliphatic rings. The maximum absolute atomic E-state index is 12.8. The second-order valence-corrected chi connectivity index (χ2v) is 6.87. The summed E-state index contributed by atoms with van der Waals surface area (Å²) in [7, 11) is 0. The molecule has 0 spiro atoms. The molecule has 0 saturated heterocycles. The number of rotatable bonds is 5. The van der Waals surface area contributed by atoms with Crippen LogP contribution in [0.2, 0.25) is 0 Å². The van der Waals surface area contributed by atoms with Gasteiger partial charge in [-0.15, -0.1) is 0 Å². The molecule has 1 rings (SSSR count). The maximum Gasteiger partial charge on any atom is 0.123 e. The van der Waals surface area contributed by atoms with Gasteiger partial charge in [-0.25, -0.2) is 4.39 Å². The Hall–Kier alpha value is -0.890. The molecule has 0 heterocycles. The summed E-state index contributed by atoms with van der Waals surface area (Å²) < 4.78 is 12.8. The Kier molecular flexibility index (Phi) is 4.92. The van der Waals surface area contributed by atoms with Gasteiger partial charge in [0, 0.05) is 5.54 Å². The molecule has 0 bridgehead atoms. The van der Waals surface area contributed by atoms with Crippen molar-refractivity contribution >= 4 is 0 Å². The second-order valence-electron chi connectivity index (χ2n) is 6.87. The average molecular weight is 251 g/mol. The first-order valence-corrected chi connectivity index (χ1v) is 6.71. The Bertz CT molecular complexity index is 360. The van der Waals surface area contributed by atoms with Gasteiger partial charge in [0.25, 0.3) is 0 Å². The zero-order valence-corrected chi connectivity index (χ0v) is 12.1. The first-order chi connectivity index (χ1) is 8.18. The first-order valence-electron chi connectivity index (χ1n) is 6.71. The number of halogens is 1. The van der Waals surface area contributed by atoms with Crippen LogP contribution in [0.3, 0.4) is 0 Å². The molecule has 0 aromatic heterocycles. The zero-order chi connectivity index (χ0) is 13.8. The Morgan fingerprint density at radius 1 is 1.00 bits per heavy atom. The molecule has 0 saturated carbocycles. The molecule has 0 aliphatic heterocycles. The monoisotopic (exact) mass is 251 g/mol. The minimum Gasteiger partial charge on any atom is -0.325 e. The van der Waals surface area contributed by atoms with Crippen LogP contribution in [0.15, 0.2) is 24.3 Å². The highest BCUT2D eigenvalue weighted by atomic mass is 19.1. The standard InChI is InChI=1S/C16H26FN/c1-15(2,3)10-5-11-16(4,18)12-13-6-8-14(17)9-7-13/h6-9H,5,10-12,18H2,1-4H3. The number of benzene rings is 1. The summed E-state index contributed by atoms with van der Waals surface area (Å²) in [6.45, 7) is 8.83. The lowest BCUT2D eigenvalue weighted by molar-refractivity contribution is 0.324. The van der Waals surface area contributed by atoms with Crippen molar-refractivity contribution in [2.45, 2.75) is 58.9 Å². The van der Waals surface area contributed by atoms with Crippen LogP contribution in [0.4, 0.5) is 4.39 Å². The molecule has 1 aromatic carbocycles. The predicted octanol–water partition coefficient (Wildman–Crippen LogP) is 4.30. The van der Waals surface area contributed by atoms with Gasteiger partial charge in [-0.05, 0) is 49.3 Å². The predicted molar refractivity (Wildman–Crippen MR) is 76.0 cm³/mol. The molecule has 1 aromatic rings. The van der Waals surface area contributed by atoms with Gasteiger partial charge in [0.05, 0.1) is 0 Å². The van der Waals surface area contributed by atoms with Gasteiger partial charge >= 0.3 is 0 Å². The SMILES string of the molecule is CC(C)(C)CCCC(C)(N)Cc1ccc(F)cc1. The van der Waals surface area contributed by atoms with Crippen LogP contribution < -0.4 is 5.73 Å². The first kappa shape index (κ1) is 15.2. The molecule has 0 aliphatic carbocycles. The van der Waals surface area contributed by atoms with Gasteiger partial charge in [-0.3, -0.25) is 0 Å². The summed E-state index contributed by atoms with van der Waals surface area (Å²) >= 11 is 0. The van der Waals surface area contributed by atoms with Crippen molar-refractivity contribution in [2.75, 3.05) is 0 Å². The van der Waals surface area contributed by atoms with E-state index in [4.69, 9.17) is 5.73 Å². The van der Waals surface area contributed by atoms with Crippen LogP contribution in [-0.2, 0) is 6.42 Å². The summed E-state index contributed by atoms with van der Waals surface area (Å²) in [6, 6.07) is 6.65. The van der Waals surface area contributed by atoms with Crippen LogP contribution >= 0.6 is 0 Å². The second kappa shape index (κ2) is 5.83. The van der Waals surface area contributed by atoms with E-state index in [0.717, 1.165) is 24.8 Å². The lowest BCUT2D eigenvalue weighted by Gasteiger charge is -2.27. The van der Waals surface area contributed by atoms with Crippen LogP contribution in [0.25, 0.3) is 0 Å². The smallest absolute Gasteiger partial charge is 0.123 e. The molecule has 2 heteroatoms. The average Bonchev–Trinajstić information content (AvgIpc) is 2.18. The van der Waals surface area contributed by atoms with Gasteiger partial charge in [-0.1, -0.05) is 39.3 Å². The van der Waals surface area contributed by atoms with Crippen LogP contribution in [0.1, 0.15) is 52.5 Å². The molecular weight excluding hydrogens is 225 g/mol. The molecule has 102 valence electrons. The van der Waals surface area contributed by atoms with Crippen molar-refractivity contribution in [3.8, 4) is 0 Å². The number of hydrogen-bond donors (Lipinski definition) is 1. The van der Waals surface area contributed by atoms with E-state index in [9.17, 15) is 4.39 Å². The molecule has 0 amide bonds. The fourth-order valence-electron chi connectivity index (χ4n) is 2.18. The van der Waals surface area contributed by atoms with Crippen LogP contribution in [0.5, 0.6) is 0 Å². The van der Waals surface area contributed by atoms with E-state index in [2.05, 4.69) is 27.7 Å². The van der Waals surface area contributed by atoms with Gasteiger partial charge < -0.3 is 5.73 Å². The third-order valence-corrected chi connectivity index (χ3v) is 3.20. The topological polar surface area (TPSA) is 26.0 Å². The third kappa shape index (κ3) is 6.15. The molecule has 2 N–H and O–H groups in total. The molecule has 0 fully saturated rings. The quantitative estimate of drug-likeness (QED) is 0.829. The zero-order valence-electron chi connectivity index (χ0n) is 12.1. The Labute approximate surface area is 111 Å². The van der Waals surface area contributed by atoms with Gasteiger partial charge in [0.15, 0.2) is 0 Å². The number of hydrogen-bond acceptors (Lipinski definition) is 1. The van der Waals surface area contributed by atoms with Gasteiger partial charge in [-0.2, -0.15) is 0 Å². The lowest BCUT2D eigenvalue weighted by Crippen LogP contribution is -2.38. The fraction of sp³-hybridized carbons (Fsp3) is 0.625. The highest BCUT2D eigenvalue weighted by Crippen LogP contribution is 2.25. The van der Waals surface area contributed by atoms with Crippen molar-refractivity contribution in [1.82, 2.24) is 0 Å². The van der Waals surface area contributed by atoms with E-state index in [0.29, 0.717) is 5.41 Å². The molecule has 1 unspecified atom stereocenters. The summed E-state index contributed by atoms with van der Waals surface area (Å²) in [5.74, 6) is -0.190. The maximum atomic E-state index is 12.8. The lowest BCUT2D eigenvalue weighted by atomic mass is 9.84. The Balaban J connectivity index is 2.46. The van der Waals surface area contributed by atoms with Crippen molar-refractivity contribution in [2.24, 2.45) is 11.1 Å². The van der Waals surface area contributed by atoms with E-state index in [1.807, 2.05) is 12.1 Å². The summed E-state index contributed by atoms with van der Waals surface area (Å²) in [4.78, 5) is 0. The van der Waals surface area contributed by atoms with Crippen molar-refractivity contribution in [1.29, 1.82) is 0 Å². The fourth-order valence-corrected chi connectivity index (χ4v) is 2.18. The summed E-state index contributed by atoms with van der Waals surface area (Å²) in [5.41, 5.74) is 7.59. The van der Waals surface area contributed by atoms with E-state index in [-0.39, 0.29) is 11.4 Å². The molecule has 18 heavy (non-hydrogen) atoms. The normalized spacial score (nSPS) is 15.4. The van der Waals surface area contributed by atoms with Crippen molar-refractivity contribution in [3.63, 3.8) is 0 Å². The third-order valence-electron chi connectivity index (χ3n) is 3.20. The van der Waals surface area contributed by atoms with Crippen LogP contribution in [-0.4, -0.2) is 5.54 Å². The largest absolute Gasteiger partial charge is 0.325 e. The van der Waals surface area contributed by atoms with E-state index in [1.165, 1.54) is 18.6 Å². The molecule has 1 nitrogen and oxygen atoms in total. The highest BCUT2D eigenvalue weighted by Gasteiger charge is 2.20. The van der Waals surface area contributed by atoms with Gasteiger partial charge in [0.2, 0.25) is 0 Å². The number of nitrogens with two attached hydrogens (primary N) is 1. The van der Waals surface area contributed by atoms with Crippen molar-refractivity contribution in [3.05, 3.63) is 35.6 Å². The van der Waals surface area contributed by atoms with E-state index >= 15 is 0 Å². The van der Waals surface area contributed by atoms with E-state index < -0.39 is 0 Å². The minimum absolute atomic E-state index is 0.190.